The second-order valence-corrected chi connectivity index (χ2v) is 7.05. The molecular weight excluding hydrogens is 240 g/mol. The molecule has 110 valence electrons. The Hall–Kier alpha value is -0.120. The molecule has 2 saturated heterocycles. The van der Waals surface area contributed by atoms with Crippen molar-refractivity contribution < 1.29 is 14.6 Å². The molecule has 0 amide bonds. The van der Waals surface area contributed by atoms with Crippen molar-refractivity contribution in [3.8, 4) is 0 Å². The van der Waals surface area contributed by atoms with Gasteiger partial charge in [0.1, 0.15) is 0 Å². The fourth-order valence-electron chi connectivity index (χ4n) is 4.39. The highest BCUT2D eigenvalue weighted by molar-refractivity contribution is 4.97. The lowest BCUT2D eigenvalue weighted by Crippen LogP contribution is -2.52. The maximum Gasteiger partial charge on any atom is 0.0914 e. The van der Waals surface area contributed by atoms with Crippen molar-refractivity contribution in [2.45, 2.75) is 82.0 Å². The van der Waals surface area contributed by atoms with Gasteiger partial charge in [0, 0.05) is 13.2 Å². The van der Waals surface area contributed by atoms with Crippen LogP contribution in [0.5, 0.6) is 0 Å². The maximum absolute atomic E-state index is 10.8. The third-order valence-corrected chi connectivity index (χ3v) is 5.62. The van der Waals surface area contributed by atoms with E-state index >= 15 is 0 Å². The molecule has 0 aromatic carbocycles. The number of aliphatic hydroxyl groups is 1. The summed E-state index contributed by atoms with van der Waals surface area (Å²) in [6.45, 7) is 3.73. The summed E-state index contributed by atoms with van der Waals surface area (Å²) in [7, 11) is 0. The van der Waals surface area contributed by atoms with Crippen molar-refractivity contribution >= 4 is 0 Å². The zero-order valence-corrected chi connectivity index (χ0v) is 12.2. The second kappa shape index (κ2) is 5.34. The van der Waals surface area contributed by atoms with Crippen LogP contribution in [0.1, 0.15) is 64.7 Å². The highest BCUT2D eigenvalue weighted by atomic mass is 16.5. The lowest BCUT2D eigenvalue weighted by molar-refractivity contribution is -0.181. The normalized spacial score (nSPS) is 40.4. The van der Waals surface area contributed by atoms with E-state index in [4.69, 9.17) is 9.47 Å². The van der Waals surface area contributed by atoms with E-state index in [0.29, 0.717) is 5.92 Å². The summed E-state index contributed by atoms with van der Waals surface area (Å²) >= 11 is 0. The predicted octanol–water partition coefficient (Wildman–Crippen LogP) is 3.05. The summed E-state index contributed by atoms with van der Waals surface area (Å²) in [6, 6.07) is 0. The number of hydrogen-bond acceptors (Lipinski definition) is 3. The summed E-state index contributed by atoms with van der Waals surface area (Å²) in [6.07, 6.45) is 9.97. The average Bonchev–Trinajstić information content (AvgIpc) is 2.87. The largest absolute Gasteiger partial charge is 0.390 e. The van der Waals surface area contributed by atoms with Crippen LogP contribution in [0.2, 0.25) is 0 Å². The van der Waals surface area contributed by atoms with Gasteiger partial charge in [-0.25, -0.2) is 0 Å². The number of ether oxygens (including phenoxy) is 2. The molecule has 1 spiro atoms. The van der Waals surface area contributed by atoms with Gasteiger partial charge in [-0.15, -0.1) is 0 Å². The molecule has 0 radical (unpaired) electrons. The van der Waals surface area contributed by atoms with E-state index in [-0.39, 0.29) is 17.3 Å². The molecule has 3 rings (SSSR count). The highest BCUT2D eigenvalue weighted by Crippen LogP contribution is 2.45. The van der Waals surface area contributed by atoms with Crippen LogP contribution >= 0.6 is 0 Å². The molecule has 0 bridgehead atoms. The molecule has 3 aliphatic rings. The Balaban J connectivity index is 1.67. The minimum absolute atomic E-state index is 0.0922. The molecule has 3 fully saturated rings. The Morgan fingerprint density at radius 1 is 1.00 bits per heavy atom. The summed E-state index contributed by atoms with van der Waals surface area (Å²) < 4.78 is 12.0. The smallest absolute Gasteiger partial charge is 0.0914 e. The lowest BCUT2D eigenvalue weighted by atomic mass is 9.75. The van der Waals surface area contributed by atoms with E-state index in [1.165, 1.54) is 32.1 Å². The topological polar surface area (TPSA) is 38.7 Å². The third kappa shape index (κ3) is 2.70. The first-order chi connectivity index (χ1) is 9.14. The maximum atomic E-state index is 10.8. The van der Waals surface area contributed by atoms with E-state index in [2.05, 4.69) is 6.92 Å². The van der Waals surface area contributed by atoms with E-state index in [0.717, 1.165) is 38.9 Å². The summed E-state index contributed by atoms with van der Waals surface area (Å²) in [5.74, 6) is 0.356. The van der Waals surface area contributed by atoms with Crippen LogP contribution in [-0.4, -0.2) is 35.6 Å². The minimum atomic E-state index is -0.325. The molecule has 1 N–H and O–H groups in total. The van der Waals surface area contributed by atoms with Gasteiger partial charge in [0.05, 0.1) is 17.3 Å². The molecule has 1 saturated carbocycles. The van der Waals surface area contributed by atoms with Crippen LogP contribution < -0.4 is 0 Å². The third-order valence-electron chi connectivity index (χ3n) is 5.62. The fourth-order valence-corrected chi connectivity index (χ4v) is 4.39. The first kappa shape index (κ1) is 13.8. The first-order valence-corrected chi connectivity index (χ1v) is 8.10. The fraction of sp³-hybridized carbons (Fsp3) is 1.00. The zero-order valence-electron chi connectivity index (χ0n) is 12.2. The van der Waals surface area contributed by atoms with E-state index < -0.39 is 0 Å². The first-order valence-electron chi connectivity index (χ1n) is 8.10. The second-order valence-electron chi connectivity index (χ2n) is 7.05. The molecule has 0 aromatic rings. The van der Waals surface area contributed by atoms with Crippen molar-refractivity contribution in [2.24, 2.45) is 5.92 Å². The molecule has 2 heterocycles. The van der Waals surface area contributed by atoms with Gasteiger partial charge in [0.2, 0.25) is 0 Å². The SMILES string of the molecule is CC1(C(O)C2CCOC3(CCCC3)C2)CCCCO1. The molecule has 3 atom stereocenters. The zero-order chi connectivity index (χ0) is 13.3. The predicted molar refractivity (Wildman–Crippen MR) is 74.1 cm³/mol. The van der Waals surface area contributed by atoms with Crippen LogP contribution in [-0.2, 0) is 9.47 Å². The van der Waals surface area contributed by atoms with Crippen molar-refractivity contribution in [2.75, 3.05) is 13.2 Å². The summed E-state index contributed by atoms with van der Waals surface area (Å²) in [5.41, 5.74) is -0.227. The average molecular weight is 268 g/mol. The molecule has 3 heteroatoms. The number of aliphatic hydroxyl groups excluding tert-OH is 1. The van der Waals surface area contributed by atoms with Crippen molar-refractivity contribution in [3.05, 3.63) is 0 Å². The monoisotopic (exact) mass is 268 g/mol. The Bertz CT molecular complexity index is 303. The Morgan fingerprint density at radius 2 is 1.74 bits per heavy atom. The van der Waals surface area contributed by atoms with Crippen LogP contribution in [0.15, 0.2) is 0 Å². The Kier molecular flexibility index (Phi) is 3.89. The van der Waals surface area contributed by atoms with E-state index in [9.17, 15) is 5.11 Å². The quantitative estimate of drug-likeness (QED) is 0.836. The van der Waals surface area contributed by atoms with Gasteiger partial charge in [0.25, 0.3) is 0 Å². The van der Waals surface area contributed by atoms with Crippen LogP contribution in [0.25, 0.3) is 0 Å². The Morgan fingerprint density at radius 3 is 2.42 bits per heavy atom. The molecule has 1 aliphatic carbocycles. The molecular formula is C16H28O3. The minimum Gasteiger partial charge on any atom is -0.390 e. The molecule has 3 nitrogen and oxygen atoms in total. The van der Waals surface area contributed by atoms with Crippen LogP contribution in [0.4, 0.5) is 0 Å². The van der Waals surface area contributed by atoms with Gasteiger partial charge in [-0.05, 0) is 57.8 Å². The van der Waals surface area contributed by atoms with E-state index in [1.54, 1.807) is 0 Å². The Labute approximate surface area is 116 Å². The van der Waals surface area contributed by atoms with Gasteiger partial charge < -0.3 is 14.6 Å². The van der Waals surface area contributed by atoms with Gasteiger partial charge in [-0.3, -0.25) is 0 Å². The van der Waals surface area contributed by atoms with Gasteiger partial charge in [-0.1, -0.05) is 12.8 Å². The summed E-state index contributed by atoms with van der Waals surface area (Å²) in [4.78, 5) is 0. The van der Waals surface area contributed by atoms with Gasteiger partial charge >= 0.3 is 0 Å². The number of rotatable bonds is 2. The molecule has 0 aromatic heterocycles. The van der Waals surface area contributed by atoms with Crippen LogP contribution in [0.3, 0.4) is 0 Å². The van der Waals surface area contributed by atoms with Gasteiger partial charge in [-0.2, -0.15) is 0 Å². The van der Waals surface area contributed by atoms with Crippen molar-refractivity contribution in [3.63, 3.8) is 0 Å². The van der Waals surface area contributed by atoms with Crippen molar-refractivity contribution in [1.82, 2.24) is 0 Å². The lowest BCUT2D eigenvalue weighted by Gasteiger charge is -2.46. The van der Waals surface area contributed by atoms with Gasteiger partial charge in [0.15, 0.2) is 0 Å². The standard InChI is InChI=1S/C16H28O3/c1-15(7-4-5-10-18-15)14(17)13-6-11-19-16(12-13)8-2-3-9-16/h13-14,17H,2-12H2,1H3. The summed E-state index contributed by atoms with van der Waals surface area (Å²) in [5, 5.41) is 10.8. The van der Waals surface area contributed by atoms with Crippen LogP contribution in [0, 0.1) is 5.92 Å². The van der Waals surface area contributed by atoms with E-state index in [1.807, 2.05) is 0 Å². The molecule has 2 aliphatic heterocycles. The van der Waals surface area contributed by atoms with Crippen molar-refractivity contribution in [1.29, 1.82) is 0 Å². The number of hydrogen-bond donors (Lipinski definition) is 1. The molecule has 3 unspecified atom stereocenters. The highest BCUT2D eigenvalue weighted by Gasteiger charge is 2.47. The molecule has 19 heavy (non-hydrogen) atoms.